The minimum absolute atomic E-state index is 0.715. The van der Waals surface area contributed by atoms with Crippen LogP contribution in [0.1, 0.15) is 11.1 Å². The fraction of sp³-hybridized carbons (Fsp3) is 0.385. The number of methoxy groups -OCH3 is 1. The number of hydrogen-bond donors (Lipinski definition) is 1. The number of nitrogens with zero attached hydrogens (tertiary/aromatic N) is 2. The molecule has 0 aliphatic heterocycles. The summed E-state index contributed by atoms with van der Waals surface area (Å²) in [6.07, 6.45) is 3.75. The highest BCUT2D eigenvalue weighted by atomic mass is 32.1. The van der Waals surface area contributed by atoms with E-state index in [2.05, 4.69) is 33.0 Å². The molecule has 0 aliphatic carbocycles. The van der Waals surface area contributed by atoms with Gasteiger partial charge in [-0.2, -0.15) is 11.3 Å². The van der Waals surface area contributed by atoms with Gasteiger partial charge in [-0.15, -0.1) is 0 Å². The van der Waals surface area contributed by atoms with Crippen molar-refractivity contribution in [1.29, 1.82) is 0 Å². The molecule has 0 unspecified atom stereocenters. The molecule has 5 heteroatoms. The lowest BCUT2D eigenvalue weighted by Gasteiger charge is -2.04. The Hall–Kier alpha value is -1.30. The Balaban J connectivity index is 1.96. The predicted octanol–water partition coefficient (Wildman–Crippen LogP) is 2.25. The molecule has 2 rings (SSSR count). The zero-order valence-electron chi connectivity index (χ0n) is 10.6. The summed E-state index contributed by atoms with van der Waals surface area (Å²) in [7, 11) is 1.70. The summed E-state index contributed by atoms with van der Waals surface area (Å²) in [5.74, 6) is 0.800. The summed E-state index contributed by atoms with van der Waals surface area (Å²) in [5.41, 5.74) is 3.44. The van der Waals surface area contributed by atoms with Crippen LogP contribution in [-0.2, 0) is 11.3 Å². The fourth-order valence-corrected chi connectivity index (χ4v) is 2.41. The van der Waals surface area contributed by atoms with E-state index in [9.17, 15) is 0 Å². The van der Waals surface area contributed by atoms with E-state index in [-0.39, 0.29) is 0 Å². The van der Waals surface area contributed by atoms with E-state index in [1.807, 2.05) is 12.4 Å². The number of aromatic nitrogens is 2. The maximum absolute atomic E-state index is 4.97. The zero-order valence-corrected chi connectivity index (χ0v) is 11.5. The second-order valence-corrected chi connectivity index (χ2v) is 4.80. The largest absolute Gasteiger partial charge is 0.383 e. The van der Waals surface area contributed by atoms with E-state index in [4.69, 9.17) is 4.74 Å². The van der Waals surface area contributed by atoms with Gasteiger partial charge < -0.3 is 10.1 Å². The molecule has 0 bridgehead atoms. The normalized spacial score (nSPS) is 10.8. The van der Waals surface area contributed by atoms with E-state index in [1.54, 1.807) is 18.4 Å². The first-order chi connectivity index (χ1) is 8.81. The molecule has 0 radical (unpaired) electrons. The molecule has 0 saturated heterocycles. The quantitative estimate of drug-likeness (QED) is 0.812. The third-order valence-corrected chi connectivity index (χ3v) is 3.48. The molecule has 0 fully saturated rings. The SMILES string of the molecule is COCCNCc1cnc(-c2cscc2C)nc1. The van der Waals surface area contributed by atoms with Crippen LogP contribution in [-0.4, -0.2) is 30.2 Å². The number of aryl methyl sites for hydroxylation is 1. The van der Waals surface area contributed by atoms with Crippen molar-refractivity contribution in [2.24, 2.45) is 0 Å². The molecule has 96 valence electrons. The summed E-state index contributed by atoms with van der Waals surface area (Å²) in [6, 6.07) is 0. The highest BCUT2D eigenvalue weighted by molar-refractivity contribution is 7.08. The van der Waals surface area contributed by atoms with Crippen molar-refractivity contribution in [1.82, 2.24) is 15.3 Å². The highest BCUT2D eigenvalue weighted by Crippen LogP contribution is 2.23. The van der Waals surface area contributed by atoms with Gasteiger partial charge in [0.05, 0.1) is 6.61 Å². The monoisotopic (exact) mass is 263 g/mol. The lowest BCUT2D eigenvalue weighted by Crippen LogP contribution is -2.18. The Kier molecular flexibility index (Phi) is 4.81. The molecular formula is C13H17N3OS. The molecule has 0 atom stereocenters. The number of thiophene rings is 1. The average Bonchev–Trinajstić information content (AvgIpc) is 2.82. The van der Waals surface area contributed by atoms with Gasteiger partial charge >= 0.3 is 0 Å². The average molecular weight is 263 g/mol. The van der Waals surface area contributed by atoms with Crippen LogP contribution in [0.2, 0.25) is 0 Å². The fourth-order valence-electron chi connectivity index (χ4n) is 1.58. The van der Waals surface area contributed by atoms with E-state index in [0.717, 1.165) is 30.0 Å². The third-order valence-electron chi connectivity index (χ3n) is 2.61. The van der Waals surface area contributed by atoms with Crippen molar-refractivity contribution >= 4 is 11.3 Å². The maximum Gasteiger partial charge on any atom is 0.160 e. The number of rotatable bonds is 6. The highest BCUT2D eigenvalue weighted by Gasteiger charge is 2.05. The molecule has 0 saturated carbocycles. The molecule has 0 aliphatic rings. The Bertz CT molecular complexity index is 481. The van der Waals surface area contributed by atoms with Crippen molar-refractivity contribution in [2.75, 3.05) is 20.3 Å². The minimum Gasteiger partial charge on any atom is -0.383 e. The zero-order chi connectivity index (χ0) is 12.8. The van der Waals surface area contributed by atoms with Gasteiger partial charge in [0.2, 0.25) is 0 Å². The molecule has 0 aromatic carbocycles. The first kappa shape index (κ1) is 13.1. The van der Waals surface area contributed by atoms with Gasteiger partial charge in [-0.3, -0.25) is 0 Å². The third kappa shape index (κ3) is 3.35. The van der Waals surface area contributed by atoms with Crippen LogP contribution in [0.15, 0.2) is 23.2 Å². The van der Waals surface area contributed by atoms with Gasteiger partial charge in [0.1, 0.15) is 0 Å². The summed E-state index contributed by atoms with van der Waals surface area (Å²) < 4.78 is 4.97. The Morgan fingerprint density at radius 1 is 1.28 bits per heavy atom. The molecule has 2 aromatic heterocycles. The van der Waals surface area contributed by atoms with Gasteiger partial charge in [-0.1, -0.05) is 0 Å². The lowest BCUT2D eigenvalue weighted by molar-refractivity contribution is 0.199. The van der Waals surface area contributed by atoms with Crippen molar-refractivity contribution in [3.8, 4) is 11.4 Å². The summed E-state index contributed by atoms with van der Waals surface area (Å²) >= 11 is 1.68. The molecule has 4 nitrogen and oxygen atoms in total. The van der Waals surface area contributed by atoms with Crippen molar-refractivity contribution in [3.63, 3.8) is 0 Å². The summed E-state index contributed by atoms with van der Waals surface area (Å²) in [6.45, 7) is 4.40. The van der Waals surface area contributed by atoms with Crippen LogP contribution < -0.4 is 5.32 Å². The first-order valence-electron chi connectivity index (χ1n) is 5.85. The van der Waals surface area contributed by atoms with Crippen molar-refractivity contribution < 1.29 is 4.74 Å². The molecule has 0 spiro atoms. The second-order valence-electron chi connectivity index (χ2n) is 4.05. The number of nitrogens with one attached hydrogen (secondary N) is 1. The first-order valence-corrected chi connectivity index (χ1v) is 6.79. The van der Waals surface area contributed by atoms with Crippen LogP contribution in [0.5, 0.6) is 0 Å². The number of hydrogen-bond acceptors (Lipinski definition) is 5. The van der Waals surface area contributed by atoms with Crippen LogP contribution in [0.3, 0.4) is 0 Å². The van der Waals surface area contributed by atoms with E-state index in [0.29, 0.717) is 6.61 Å². The summed E-state index contributed by atoms with van der Waals surface area (Å²) in [4.78, 5) is 8.81. The van der Waals surface area contributed by atoms with Gasteiger partial charge in [0.15, 0.2) is 5.82 Å². The van der Waals surface area contributed by atoms with Crippen LogP contribution in [0.25, 0.3) is 11.4 Å². The molecule has 18 heavy (non-hydrogen) atoms. The molecule has 0 amide bonds. The smallest absolute Gasteiger partial charge is 0.160 e. The predicted molar refractivity (Wildman–Crippen MR) is 73.7 cm³/mol. The lowest BCUT2D eigenvalue weighted by atomic mass is 10.2. The van der Waals surface area contributed by atoms with Crippen molar-refractivity contribution in [3.05, 3.63) is 34.3 Å². The van der Waals surface area contributed by atoms with Gasteiger partial charge in [-0.25, -0.2) is 9.97 Å². The van der Waals surface area contributed by atoms with Crippen LogP contribution in [0.4, 0.5) is 0 Å². The summed E-state index contributed by atoms with van der Waals surface area (Å²) in [5, 5.41) is 7.46. The second kappa shape index (κ2) is 6.58. The van der Waals surface area contributed by atoms with Crippen molar-refractivity contribution in [2.45, 2.75) is 13.5 Å². The molecule has 2 aromatic rings. The Labute approximate surface area is 111 Å². The Morgan fingerprint density at radius 3 is 2.67 bits per heavy atom. The van der Waals surface area contributed by atoms with Gasteiger partial charge in [0.25, 0.3) is 0 Å². The molecule has 1 N–H and O–H groups in total. The van der Waals surface area contributed by atoms with E-state index >= 15 is 0 Å². The van der Waals surface area contributed by atoms with Gasteiger partial charge in [0, 0.05) is 49.1 Å². The van der Waals surface area contributed by atoms with Crippen LogP contribution in [0, 0.1) is 6.92 Å². The maximum atomic E-state index is 4.97. The molecule has 2 heterocycles. The van der Waals surface area contributed by atoms with E-state index in [1.165, 1.54) is 5.56 Å². The van der Waals surface area contributed by atoms with Crippen LogP contribution >= 0.6 is 11.3 Å². The standard InChI is InChI=1S/C13H17N3OS/c1-10-8-18-9-12(10)13-15-6-11(7-16-13)5-14-3-4-17-2/h6-9,14H,3-5H2,1-2H3. The van der Waals surface area contributed by atoms with E-state index < -0.39 is 0 Å². The minimum atomic E-state index is 0.715. The molecular weight excluding hydrogens is 246 g/mol. The number of ether oxygens (including phenoxy) is 1. The Morgan fingerprint density at radius 2 is 2.06 bits per heavy atom. The topological polar surface area (TPSA) is 47.0 Å². The van der Waals surface area contributed by atoms with Gasteiger partial charge in [-0.05, 0) is 17.9 Å².